The Balaban J connectivity index is 1.64. The summed E-state index contributed by atoms with van der Waals surface area (Å²) in [5, 5.41) is 7.74. The van der Waals surface area contributed by atoms with Gasteiger partial charge >= 0.3 is 0 Å². The lowest BCUT2D eigenvalue weighted by Crippen LogP contribution is -2.46. The Morgan fingerprint density at radius 1 is 0.923 bits per heavy atom. The van der Waals surface area contributed by atoms with Crippen LogP contribution in [0.15, 0.2) is 88.7 Å². The summed E-state index contributed by atoms with van der Waals surface area (Å²) in [4.78, 5) is 38.6. The minimum absolute atomic E-state index is 0.0343. The van der Waals surface area contributed by atoms with E-state index in [1.54, 1.807) is 18.2 Å². The molecule has 39 heavy (non-hydrogen) atoms. The minimum Gasteiger partial charge on any atom is -0.326 e. The predicted molar refractivity (Wildman–Crippen MR) is 143 cm³/mol. The zero-order valence-corrected chi connectivity index (χ0v) is 22.5. The van der Waals surface area contributed by atoms with Crippen molar-refractivity contribution < 1.29 is 31.2 Å². The molecule has 0 bridgehead atoms. The Hall–Kier alpha value is -3.91. The standard InChI is InChI=1S/C26H26N4O7S2/c1-18(31)28-20-9-11-21(12-10-20)30-25(32)17-24(26(30)33)29(39(36,37)23-5-3-2-4-6-23)16-15-19-7-13-22(14-8-19)38(27,34)35/h2-14,24H,15-17H2,1H3,(H,28,31)(H2,27,34,35). The normalized spacial score (nSPS) is 16.1. The first-order valence-electron chi connectivity index (χ1n) is 11.8. The van der Waals surface area contributed by atoms with Crippen molar-refractivity contribution in [3.8, 4) is 0 Å². The molecule has 1 aliphatic rings. The van der Waals surface area contributed by atoms with Crippen molar-refractivity contribution in [2.75, 3.05) is 16.8 Å². The third kappa shape index (κ3) is 6.23. The molecular weight excluding hydrogens is 544 g/mol. The van der Waals surface area contributed by atoms with E-state index in [4.69, 9.17) is 5.14 Å². The number of nitrogens with zero attached hydrogens (tertiary/aromatic N) is 2. The van der Waals surface area contributed by atoms with Gasteiger partial charge in [0.1, 0.15) is 6.04 Å². The van der Waals surface area contributed by atoms with E-state index in [-0.39, 0.29) is 40.8 Å². The number of hydrogen-bond acceptors (Lipinski definition) is 7. The summed E-state index contributed by atoms with van der Waals surface area (Å²) in [7, 11) is -8.09. The van der Waals surface area contributed by atoms with Crippen LogP contribution in [-0.4, -0.2) is 51.4 Å². The highest BCUT2D eigenvalue weighted by Crippen LogP contribution is 2.30. The summed E-state index contributed by atoms with van der Waals surface area (Å²) in [6.07, 6.45) is -0.219. The molecule has 3 N–H and O–H groups in total. The van der Waals surface area contributed by atoms with Crippen LogP contribution in [0.1, 0.15) is 18.9 Å². The number of imide groups is 1. The number of rotatable bonds is 9. The van der Waals surface area contributed by atoms with Crippen molar-refractivity contribution >= 4 is 49.1 Å². The van der Waals surface area contributed by atoms with E-state index >= 15 is 0 Å². The predicted octanol–water partition coefficient (Wildman–Crippen LogP) is 1.86. The van der Waals surface area contributed by atoms with Crippen LogP contribution in [0.2, 0.25) is 0 Å². The minimum atomic E-state index is -4.20. The van der Waals surface area contributed by atoms with E-state index in [2.05, 4.69) is 5.32 Å². The molecule has 1 saturated heterocycles. The van der Waals surface area contributed by atoms with Gasteiger partial charge in [0.05, 0.1) is 21.9 Å². The fraction of sp³-hybridized carbons (Fsp3) is 0.192. The maximum atomic E-state index is 13.7. The van der Waals surface area contributed by atoms with Crippen molar-refractivity contribution in [1.29, 1.82) is 0 Å². The highest BCUT2D eigenvalue weighted by molar-refractivity contribution is 7.89. The quantitative estimate of drug-likeness (QED) is 0.371. The van der Waals surface area contributed by atoms with Gasteiger partial charge in [0, 0.05) is 19.2 Å². The van der Waals surface area contributed by atoms with Gasteiger partial charge in [-0.15, -0.1) is 0 Å². The molecule has 1 aliphatic heterocycles. The van der Waals surface area contributed by atoms with Crippen LogP contribution >= 0.6 is 0 Å². The maximum Gasteiger partial charge on any atom is 0.252 e. The van der Waals surface area contributed by atoms with Gasteiger partial charge in [-0.2, -0.15) is 4.31 Å². The number of benzene rings is 3. The summed E-state index contributed by atoms with van der Waals surface area (Å²) in [5.41, 5.74) is 1.33. The van der Waals surface area contributed by atoms with Gasteiger partial charge in [0.15, 0.2) is 0 Å². The number of nitrogens with two attached hydrogens (primary N) is 1. The van der Waals surface area contributed by atoms with Crippen LogP contribution in [0, 0.1) is 0 Å². The van der Waals surface area contributed by atoms with Crippen molar-refractivity contribution in [3.05, 3.63) is 84.4 Å². The topological polar surface area (TPSA) is 164 Å². The molecule has 0 spiro atoms. The SMILES string of the molecule is CC(=O)Nc1ccc(N2C(=O)CC(N(CCc3ccc(S(N)(=O)=O)cc3)S(=O)(=O)c3ccccc3)C2=O)cc1. The molecule has 204 valence electrons. The largest absolute Gasteiger partial charge is 0.326 e. The lowest BCUT2D eigenvalue weighted by atomic mass is 10.1. The van der Waals surface area contributed by atoms with Gasteiger partial charge in [0.2, 0.25) is 31.9 Å². The molecule has 3 amide bonds. The van der Waals surface area contributed by atoms with E-state index in [9.17, 15) is 31.2 Å². The molecular formula is C26H26N4O7S2. The molecule has 0 aromatic heterocycles. The summed E-state index contributed by atoms with van der Waals surface area (Å²) in [5.74, 6) is -1.54. The molecule has 0 radical (unpaired) electrons. The summed E-state index contributed by atoms with van der Waals surface area (Å²) >= 11 is 0. The number of hydrogen-bond donors (Lipinski definition) is 2. The summed E-state index contributed by atoms with van der Waals surface area (Å²) in [6.45, 7) is 1.20. The molecule has 1 heterocycles. The molecule has 4 rings (SSSR count). The Bertz CT molecular complexity index is 1610. The Morgan fingerprint density at radius 2 is 1.54 bits per heavy atom. The average Bonchev–Trinajstić information content (AvgIpc) is 3.17. The van der Waals surface area contributed by atoms with Gasteiger partial charge in [-0.1, -0.05) is 30.3 Å². The summed E-state index contributed by atoms with van der Waals surface area (Å²) in [6, 6.07) is 18.0. The molecule has 11 nitrogen and oxygen atoms in total. The number of amides is 3. The van der Waals surface area contributed by atoms with Gasteiger partial charge in [-0.05, 0) is 60.5 Å². The third-order valence-electron chi connectivity index (χ3n) is 6.14. The first kappa shape index (κ1) is 28.1. The van der Waals surface area contributed by atoms with Crippen LogP contribution < -0.4 is 15.4 Å². The fourth-order valence-electron chi connectivity index (χ4n) is 4.27. The van der Waals surface area contributed by atoms with Crippen molar-refractivity contribution in [2.24, 2.45) is 5.14 Å². The highest BCUT2D eigenvalue weighted by atomic mass is 32.2. The lowest BCUT2D eigenvalue weighted by Gasteiger charge is -2.27. The number of sulfonamides is 2. The number of carbonyl (C=O) groups excluding carboxylic acids is 3. The second-order valence-corrected chi connectivity index (χ2v) is 12.3. The van der Waals surface area contributed by atoms with Crippen LogP contribution in [-0.2, 0) is 40.9 Å². The molecule has 1 unspecified atom stereocenters. The van der Waals surface area contributed by atoms with Gasteiger partial charge < -0.3 is 5.32 Å². The fourth-order valence-corrected chi connectivity index (χ4v) is 6.38. The van der Waals surface area contributed by atoms with Crippen LogP contribution in [0.4, 0.5) is 11.4 Å². The molecule has 3 aromatic carbocycles. The molecule has 3 aromatic rings. The van der Waals surface area contributed by atoms with Crippen molar-refractivity contribution in [1.82, 2.24) is 4.31 Å². The second-order valence-electron chi connectivity index (χ2n) is 8.88. The second kappa shape index (κ2) is 11.1. The van der Waals surface area contributed by atoms with Crippen LogP contribution in [0.5, 0.6) is 0 Å². The van der Waals surface area contributed by atoms with E-state index in [1.165, 1.54) is 67.6 Å². The third-order valence-corrected chi connectivity index (χ3v) is 8.99. The lowest BCUT2D eigenvalue weighted by molar-refractivity contribution is -0.122. The molecule has 0 aliphatic carbocycles. The van der Waals surface area contributed by atoms with E-state index in [0.717, 1.165) is 9.21 Å². The van der Waals surface area contributed by atoms with E-state index < -0.39 is 37.9 Å². The number of carbonyl (C=O) groups is 3. The number of anilines is 2. The molecule has 1 fully saturated rings. The monoisotopic (exact) mass is 570 g/mol. The van der Waals surface area contributed by atoms with Crippen molar-refractivity contribution in [3.63, 3.8) is 0 Å². The number of nitrogens with one attached hydrogen (secondary N) is 1. The van der Waals surface area contributed by atoms with E-state index in [1.807, 2.05) is 0 Å². The van der Waals surface area contributed by atoms with Crippen LogP contribution in [0.25, 0.3) is 0 Å². The van der Waals surface area contributed by atoms with Gasteiger partial charge in [-0.3, -0.25) is 14.4 Å². The van der Waals surface area contributed by atoms with E-state index in [0.29, 0.717) is 11.3 Å². The Kier molecular flexibility index (Phi) is 7.97. The first-order chi connectivity index (χ1) is 18.4. The zero-order chi connectivity index (χ0) is 28.4. The molecule has 13 heteroatoms. The average molecular weight is 571 g/mol. The van der Waals surface area contributed by atoms with Gasteiger partial charge in [0.25, 0.3) is 5.91 Å². The van der Waals surface area contributed by atoms with Crippen LogP contribution in [0.3, 0.4) is 0 Å². The molecule has 0 saturated carbocycles. The molecule has 1 atom stereocenters. The first-order valence-corrected chi connectivity index (χ1v) is 14.8. The zero-order valence-electron chi connectivity index (χ0n) is 20.9. The highest BCUT2D eigenvalue weighted by Gasteiger charge is 2.46. The maximum absolute atomic E-state index is 13.7. The smallest absolute Gasteiger partial charge is 0.252 e. The van der Waals surface area contributed by atoms with Crippen molar-refractivity contribution in [2.45, 2.75) is 35.6 Å². The summed E-state index contributed by atoms with van der Waals surface area (Å²) < 4.78 is 51.5. The number of primary sulfonamides is 1. The Labute approximate surface area is 226 Å². The Morgan fingerprint density at radius 3 is 2.10 bits per heavy atom. The van der Waals surface area contributed by atoms with Gasteiger partial charge in [-0.25, -0.2) is 26.9 Å².